The molecular formula is C25H24F3N7O4S. The number of nitrogens with two attached hydrogens (primary N) is 1. The standard InChI is InChI=1S/C25H24F3N7O4S/c1-39-13-17(14-2-5-18(26)6-3-14)11-16-10-15(4-7-19(16)35-40(37,38)25(27)28)22-21(23(29)36)24(34-33-22)32-20-12-30-8-9-31-20/h2-10,12,17,25,35H,11,13H2,1H3,(H2,29,36)(H2,31,32,33,34). The molecule has 1 unspecified atom stereocenters. The second-order valence-corrected chi connectivity index (χ2v) is 10.2. The van der Waals surface area contributed by atoms with Crippen LogP contribution < -0.4 is 15.8 Å². The van der Waals surface area contributed by atoms with Gasteiger partial charge in [0, 0.05) is 31.0 Å². The van der Waals surface area contributed by atoms with Gasteiger partial charge in [0.25, 0.3) is 15.9 Å². The number of ether oxygens (including phenoxy) is 1. The molecule has 0 saturated heterocycles. The first-order valence-corrected chi connectivity index (χ1v) is 13.2. The topological polar surface area (TPSA) is 165 Å². The van der Waals surface area contributed by atoms with Crippen LogP contribution in [0.15, 0.2) is 61.1 Å². The van der Waals surface area contributed by atoms with E-state index in [0.29, 0.717) is 16.9 Å². The minimum absolute atomic E-state index is 0.0236. The molecule has 4 aromatic rings. The number of nitrogens with zero attached hydrogens (tertiary/aromatic N) is 3. The second kappa shape index (κ2) is 12.1. The van der Waals surface area contributed by atoms with E-state index in [-0.39, 0.29) is 41.4 Å². The molecule has 2 aromatic heterocycles. The molecule has 0 bridgehead atoms. The number of rotatable bonds is 12. The smallest absolute Gasteiger partial charge is 0.355 e. The number of methoxy groups -OCH3 is 1. The number of hydrogen-bond donors (Lipinski definition) is 4. The lowest BCUT2D eigenvalue weighted by atomic mass is 9.90. The number of hydrogen-bond acceptors (Lipinski definition) is 8. The first-order valence-electron chi connectivity index (χ1n) is 11.7. The summed E-state index contributed by atoms with van der Waals surface area (Å²) in [6.45, 7) is 0.151. The number of alkyl halides is 2. The summed E-state index contributed by atoms with van der Waals surface area (Å²) >= 11 is 0. The Labute approximate surface area is 227 Å². The van der Waals surface area contributed by atoms with Crippen LogP contribution in [0.25, 0.3) is 11.3 Å². The molecule has 15 heteroatoms. The lowest BCUT2D eigenvalue weighted by molar-refractivity contribution is 0.100. The van der Waals surface area contributed by atoms with Crippen molar-refractivity contribution in [2.45, 2.75) is 18.1 Å². The molecule has 0 aliphatic rings. The summed E-state index contributed by atoms with van der Waals surface area (Å²) in [7, 11) is -3.54. The maximum Gasteiger partial charge on any atom is 0.355 e. The summed E-state index contributed by atoms with van der Waals surface area (Å²) in [6.07, 6.45) is 4.41. The van der Waals surface area contributed by atoms with Gasteiger partial charge in [0.05, 0.1) is 18.5 Å². The van der Waals surface area contributed by atoms with E-state index in [0.717, 1.165) is 0 Å². The van der Waals surface area contributed by atoms with Crippen LogP contribution in [0.1, 0.15) is 27.4 Å². The molecule has 1 atom stereocenters. The summed E-state index contributed by atoms with van der Waals surface area (Å²) in [5.74, 6) is -4.93. The third-order valence-corrected chi connectivity index (χ3v) is 6.84. The largest absolute Gasteiger partial charge is 0.384 e. The van der Waals surface area contributed by atoms with Crippen LogP contribution >= 0.6 is 0 Å². The van der Waals surface area contributed by atoms with Gasteiger partial charge in [-0.3, -0.25) is 19.6 Å². The fourth-order valence-electron chi connectivity index (χ4n) is 4.05. The van der Waals surface area contributed by atoms with E-state index in [2.05, 4.69) is 25.5 Å². The predicted octanol–water partition coefficient (Wildman–Crippen LogP) is 3.79. The molecule has 210 valence electrons. The fraction of sp³-hybridized carbons (Fsp3) is 0.200. The number of amides is 1. The normalized spacial score (nSPS) is 12.3. The number of nitrogens with one attached hydrogen (secondary N) is 3. The molecule has 0 aliphatic carbocycles. The minimum Gasteiger partial charge on any atom is -0.384 e. The van der Waals surface area contributed by atoms with Crippen molar-refractivity contribution in [1.82, 2.24) is 20.2 Å². The summed E-state index contributed by atoms with van der Waals surface area (Å²) in [5, 5.41) is 9.76. The molecule has 0 spiro atoms. The van der Waals surface area contributed by atoms with Crippen molar-refractivity contribution < 1.29 is 31.1 Å². The number of primary amides is 1. The van der Waals surface area contributed by atoms with Gasteiger partial charge in [0.15, 0.2) is 0 Å². The average molecular weight is 576 g/mol. The molecule has 1 amide bonds. The average Bonchev–Trinajstić information content (AvgIpc) is 3.34. The third-order valence-electron chi connectivity index (χ3n) is 5.87. The minimum atomic E-state index is -5.00. The van der Waals surface area contributed by atoms with E-state index >= 15 is 0 Å². The highest BCUT2D eigenvalue weighted by atomic mass is 32.2. The molecule has 4 rings (SSSR count). The van der Waals surface area contributed by atoms with Gasteiger partial charge in [0.1, 0.15) is 28.7 Å². The zero-order chi connectivity index (χ0) is 28.9. The van der Waals surface area contributed by atoms with Crippen LogP contribution in [-0.2, 0) is 21.2 Å². The zero-order valence-electron chi connectivity index (χ0n) is 20.9. The Kier molecular flexibility index (Phi) is 8.64. The van der Waals surface area contributed by atoms with E-state index in [4.69, 9.17) is 10.5 Å². The van der Waals surface area contributed by atoms with Crippen LogP contribution in [0.2, 0.25) is 0 Å². The Hall–Kier alpha value is -4.50. The first kappa shape index (κ1) is 28.5. The van der Waals surface area contributed by atoms with E-state index in [9.17, 15) is 26.4 Å². The molecule has 0 saturated carbocycles. The Bertz CT molecular complexity index is 1580. The molecule has 5 N–H and O–H groups in total. The van der Waals surface area contributed by atoms with Gasteiger partial charge in [-0.05, 0) is 41.8 Å². The highest BCUT2D eigenvalue weighted by molar-refractivity contribution is 7.93. The van der Waals surface area contributed by atoms with Gasteiger partial charge in [-0.1, -0.05) is 18.2 Å². The van der Waals surface area contributed by atoms with Crippen molar-refractivity contribution in [1.29, 1.82) is 0 Å². The van der Waals surface area contributed by atoms with Crippen molar-refractivity contribution in [2.24, 2.45) is 5.73 Å². The second-order valence-electron chi connectivity index (χ2n) is 8.59. The summed E-state index contributed by atoms with van der Waals surface area (Å²) in [5.41, 5.74) is 6.93. The quantitative estimate of drug-likeness (QED) is 0.198. The van der Waals surface area contributed by atoms with Gasteiger partial charge in [-0.15, -0.1) is 0 Å². The highest BCUT2D eigenvalue weighted by Gasteiger charge is 2.27. The van der Waals surface area contributed by atoms with Gasteiger partial charge in [-0.25, -0.2) is 17.8 Å². The van der Waals surface area contributed by atoms with Crippen molar-refractivity contribution in [3.8, 4) is 11.3 Å². The molecule has 2 aromatic carbocycles. The Morgan fingerprint density at radius 1 is 1.15 bits per heavy atom. The Morgan fingerprint density at radius 3 is 2.52 bits per heavy atom. The Morgan fingerprint density at radius 2 is 1.90 bits per heavy atom. The van der Waals surface area contributed by atoms with Crippen molar-refractivity contribution in [3.63, 3.8) is 0 Å². The molecular weight excluding hydrogens is 551 g/mol. The van der Waals surface area contributed by atoms with Gasteiger partial charge >= 0.3 is 5.76 Å². The molecule has 0 radical (unpaired) electrons. The van der Waals surface area contributed by atoms with E-state index in [1.54, 1.807) is 12.1 Å². The molecule has 0 fully saturated rings. The first-order chi connectivity index (χ1) is 19.1. The van der Waals surface area contributed by atoms with Gasteiger partial charge < -0.3 is 15.8 Å². The fourth-order valence-corrected chi connectivity index (χ4v) is 4.65. The molecule has 2 heterocycles. The third kappa shape index (κ3) is 6.55. The van der Waals surface area contributed by atoms with E-state index < -0.39 is 33.4 Å². The van der Waals surface area contributed by atoms with Gasteiger partial charge in [0.2, 0.25) is 0 Å². The molecule has 40 heavy (non-hydrogen) atoms. The maximum absolute atomic E-state index is 13.5. The van der Waals surface area contributed by atoms with E-state index in [1.807, 2.05) is 4.72 Å². The number of benzene rings is 2. The van der Waals surface area contributed by atoms with Crippen LogP contribution in [-0.4, -0.2) is 54.0 Å². The number of aromatic nitrogens is 4. The number of H-pyrrole nitrogens is 1. The van der Waals surface area contributed by atoms with Crippen LogP contribution in [0.4, 0.5) is 30.5 Å². The maximum atomic E-state index is 13.5. The zero-order valence-corrected chi connectivity index (χ0v) is 21.8. The van der Waals surface area contributed by atoms with Crippen LogP contribution in [0.3, 0.4) is 0 Å². The monoisotopic (exact) mass is 575 g/mol. The highest BCUT2D eigenvalue weighted by Crippen LogP contribution is 2.34. The van der Waals surface area contributed by atoms with Crippen molar-refractivity contribution in [2.75, 3.05) is 23.8 Å². The summed E-state index contributed by atoms with van der Waals surface area (Å²) in [6, 6.07) is 9.83. The lowest BCUT2D eigenvalue weighted by Gasteiger charge is -2.20. The van der Waals surface area contributed by atoms with Crippen LogP contribution in [0.5, 0.6) is 0 Å². The van der Waals surface area contributed by atoms with Crippen LogP contribution in [0, 0.1) is 5.82 Å². The summed E-state index contributed by atoms with van der Waals surface area (Å²) < 4.78 is 71.2. The number of carbonyl (C=O) groups excluding carboxylic acids is 1. The molecule has 11 nitrogen and oxygen atoms in total. The SMILES string of the molecule is COCC(Cc1cc(-c2n[nH]c(Nc3cnccn3)c2C(N)=O)ccc1NS(=O)(=O)C(F)F)c1ccc(F)cc1. The lowest BCUT2D eigenvalue weighted by Crippen LogP contribution is -2.22. The van der Waals surface area contributed by atoms with Crippen molar-refractivity contribution >= 4 is 33.3 Å². The Balaban J connectivity index is 1.79. The molecule has 0 aliphatic heterocycles. The number of anilines is 3. The number of halogens is 3. The van der Waals surface area contributed by atoms with Crippen molar-refractivity contribution in [3.05, 3.63) is 83.6 Å². The van der Waals surface area contributed by atoms with Gasteiger partial charge in [-0.2, -0.15) is 13.9 Å². The number of carbonyl (C=O) groups is 1. The number of sulfonamides is 1. The predicted molar refractivity (Wildman–Crippen MR) is 141 cm³/mol. The number of aromatic amines is 1. The summed E-state index contributed by atoms with van der Waals surface area (Å²) in [4.78, 5) is 20.4. The van der Waals surface area contributed by atoms with E-state index in [1.165, 1.54) is 56.0 Å².